The molecule has 31 heavy (non-hydrogen) atoms. The highest BCUT2D eigenvalue weighted by Crippen LogP contribution is 2.25. The Kier molecular flexibility index (Phi) is 5.98. The van der Waals surface area contributed by atoms with Gasteiger partial charge in [0.1, 0.15) is 11.6 Å². The number of halogens is 2. The maximum Gasteiger partial charge on any atom is 0.261 e. The molecule has 0 aliphatic rings. The van der Waals surface area contributed by atoms with E-state index in [1.807, 2.05) is 36.4 Å². The Hall–Kier alpha value is -2.90. The highest BCUT2D eigenvalue weighted by Gasteiger charge is 2.18. The predicted molar refractivity (Wildman–Crippen MR) is 121 cm³/mol. The summed E-state index contributed by atoms with van der Waals surface area (Å²) < 4.78 is 43.8. The van der Waals surface area contributed by atoms with Gasteiger partial charge < -0.3 is 4.57 Å². The van der Waals surface area contributed by atoms with E-state index in [0.29, 0.717) is 18.5 Å². The number of para-hydroxylation sites is 3. The summed E-state index contributed by atoms with van der Waals surface area (Å²) in [7, 11) is -3.91. The van der Waals surface area contributed by atoms with E-state index >= 15 is 0 Å². The van der Waals surface area contributed by atoms with Crippen molar-refractivity contribution in [2.45, 2.75) is 31.2 Å². The number of nitrogens with one attached hydrogen (secondary N) is 1. The lowest BCUT2D eigenvalue weighted by Crippen LogP contribution is -2.15. The van der Waals surface area contributed by atoms with Crippen molar-refractivity contribution < 1.29 is 12.8 Å². The van der Waals surface area contributed by atoms with Crippen LogP contribution >= 0.6 is 11.6 Å². The summed E-state index contributed by atoms with van der Waals surface area (Å²) >= 11 is 5.76. The van der Waals surface area contributed by atoms with Crippen LogP contribution in [0.5, 0.6) is 0 Å². The van der Waals surface area contributed by atoms with E-state index in [1.165, 1.54) is 6.07 Å². The zero-order valence-corrected chi connectivity index (χ0v) is 18.4. The number of fused-ring (bicyclic) bond motifs is 1. The van der Waals surface area contributed by atoms with Crippen LogP contribution in [0.1, 0.15) is 18.3 Å². The molecule has 1 N–H and O–H groups in total. The Bertz CT molecular complexity index is 1350. The molecular formula is C23H21ClFN3O2S. The fourth-order valence-corrected chi connectivity index (χ4v) is 4.97. The number of anilines is 1. The van der Waals surface area contributed by atoms with E-state index < -0.39 is 15.8 Å². The molecule has 4 rings (SSSR count). The van der Waals surface area contributed by atoms with Crippen LogP contribution in [0.2, 0.25) is 5.02 Å². The molecule has 8 heteroatoms. The lowest BCUT2D eigenvalue weighted by atomic mass is 10.1. The molecule has 0 amide bonds. The van der Waals surface area contributed by atoms with Gasteiger partial charge >= 0.3 is 0 Å². The van der Waals surface area contributed by atoms with Gasteiger partial charge in [-0.05, 0) is 55.3 Å². The summed E-state index contributed by atoms with van der Waals surface area (Å²) in [5.41, 5.74) is 3.35. The van der Waals surface area contributed by atoms with E-state index in [4.69, 9.17) is 16.6 Å². The van der Waals surface area contributed by atoms with Crippen molar-refractivity contribution in [2.24, 2.45) is 0 Å². The summed E-state index contributed by atoms with van der Waals surface area (Å²) in [5, 5.41) is -0.241. The van der Waals surface area contributed by atoms with Crippen LogP contribution in [0.25, 0.3) is 11.0 Å². The quantitative estimate of drug-likeness (QED) is 0.402. The maximum atomic E-state index is 13.4. The Morgan fingerprint density at radius 1 is 1.03 bits per heavy atom. The molecule has 0 aliphatic heterocycles. The average molecular weight is 458 g/mol. The van der Waals surface area contributed by atoms with Crippen molar-refractivity contribution in [2.75, 3.05) is 4.72 Å². The molecule has 3 aromatic carbocycles. The first-order valence-corrected chi connectivity index (χ1v) is 11.7. The molecule has 0 bridgehead atoms. The number of sulfonamides is 1. The largest absolute Gasteiger partial charge is 0.328 e. The number of imidazole rings is 1. The lowest BCUT2D eigenvalue weighted by Gasteiger charge is -2.13. The molecule has 0 unspecified atom stereocenters. The number of rotatable bonds is 7. The highest BCUT2D eigenvalue weighted by atomic mass is 35.5. The summed E-state index contributed by atoms with van der Waals surface area (Å²) in [4.78, 5) is 4.65. The SMILES string of the molecule is CCn1c(CCc2ccccc2NS(=O)(=O)c2ccc(F)c(Cl)c2)nc2ccccc21. The van der Waals surface area contributed by atoms with Crippen LogP contribution < -0.4 is 4.72 Å². The Morgan fingerprint density at radius 2 is 1.77 bits per heavy atom. The summed E-state index contributed by atoms with van der Waals surface area (Å²) in [6, 6.07) is 18.5. The van der Waals surface area contributed by atoms with Crippen LogP contribution in [0.15, 0.2) is 71.6 Å². The van der Waals surface area contributed by atoms with Crippen LogP contribution in [0.3, 0.4) is 0 Å². The van der Waals surface area contributed by atoms with E-state index in [0.717, 1.165) is 41.1 Å². The summed E-state index contributed by atoms with van der Waals surface area (Å²) in [5.74, 6) is 0.284. The van der Waals surface area contributed by atoms with E-state index in [2.05, 4.69) is 16.2 Å². The average Bonchev–Trinajstić information content (AvgIpc) is 3.12. The monoisotopic (exact) mass is 457 g/mol. The second-order valence-corrected chi connectivity index (χ2v) is 9.19. The standard InChI is InChI=1S/C23H21ClFN3O2S/c1-2-28-22-10-6-5-9-21(22)26-23(28)14-11-16-7-3-4-8-20(16)27-31(29,30)17-12-13-19(25)18(24)15-17/h3-10,12-13,15,27H,2,11,14H2,1H3. The van der Waals surface area contributed by atoms with Crippen LogP contribution in [-0.4, -0.2) is 18.0 Å². The zero-order valence-electron chi connectivity index (χ0n) is 16.8. The molecule has 0 saturated carbocycles. The normalized spacial score (nSPS) is 11.7. The van der Waals surface area contributed by atoms with Crippen molar-refractivity contribution in [1.82, 2.24) is 9.55 Å². The van der Waals surface area contributed by atoms with Crippen molar-refractivity contribution in [1.29, 1.82) is 0 Å². The second-order valence-electron chi connectivity index (χ2n) is 7.10. The minimum Gasteiger partial charge on any atom is -0.328 e. The molecule has 0 atom stereocenters. The van der Waals surface area contributed by atoms with Gasteiger partial charge in [0.25, 0.3) is 10.0 Å². The van der Waals surface area contributed by atoms with Gasteiger partial charge in [0.2, 0.25) is 0 Å². The Morgan fingerprint density at radius 3 is 2.55 bits per heavy atom. The highest BCUT2D eigenvalue weighted by molar-refractivity contribution is 7.92. The fraction of sp³-hybridized carbons (Fsp3) is 0.174. The number of aryl methyl sites for hydroxylation is 3. The number of hydrogen-bond donors (Lipinski definition) is 1. The molecule has 0 spiro atoms. The topological polar surface area (TPSA) is 64.0 Å². The van der Waals surface area contributed by atoms with E-state index in [9.17, 15) is 12.8 Å². The van der Waals surface area contributed by atoms with Crippen LogP contribution in [0, 0.1) is 5.82 Å². The van der Waals surface area contributed by atoms with E-state index in [-0.39, 0.29) is 9.92 Å². The second kappa shape index (κ2) is 8.69. The van der Waals surface area contributed by atoms with Gasteiger partial charge in [-0.15, -0.1) is 0 Å². The van der Waals surface area contributed by atoms with Gasteiger partial charge in [0, 0.05) is 13.0 Å². The molecule has 160 valence electrons. The van der Waals surface area contributed by atoms with Crippen molar-refractivity contribution in [3.63, 3.8) is 0 Å². The smallest absolute Gasteiger partial charge is 0.261 e. The first-order chi connectivity index (χ1) is 14.9. The van der Waals surface area contributed by atoms with Crippen molar-refractivity contribution in [3.05, 3.63) is 89.0 Å². The lowest BCUT2D eigenvalue weighted by molar-refractivity contribution is 0.599. The van der Waals surface area contributed by atoms with Crippen molar-refractivity contribution >= 4 is 38.3 Å². The third-order valence-corrected chi connectivity index (χ3v) is 6.78. The van der Waals surface area contributed by atoms with Gasteiger partial charge in [-0.3, -0.25) is 4.72 Å². The molecule has 0 saturated heterocycles. The third kappa shape index (κ3) is 4.43. The molecular weight excluding hydrogens is 437 g/mol. The van der Waals surface area contributed by atoms with Gasteiger partial charge in [0.15, 0.2) is 0 Å². The van der Waals surface area contributed by atoms with Crippen LogP contribution in [-0.2, 0) is 29.4 Å². The molecule has 0 fully saturated rings. The molecule has 0 radical (unpaired) electrons. The molecule has 1 aromatic heterocycles. The van der Waals surface area contributed by atoms with Gasteiger partial charge in [-0.25, -0.2) is 17.8 Å². The number of nitrogens with zero attached hydrogens (tertiary/aromatic N) is 2. The van der Waals surface area contributed by atoms with Gasteiger partial charge in [-0.1, -0.05) is 41.9 Å². The predicted octanol–water partition coefficient (Wildman–Crippen LogP) is 5.43. The fourth-order valence-electron chi connectivity index (χ4n) is 3.60. The summed E-state index contributed by atoms with van der Waals surface area (Å²) in [6.07, 6.45) is 1.26. The first-order valence-electron chi connectivity index (χ1n) is 9.89. The number of aromatic nitrogens is 2. The maximum absolute atomic E-state index is 13.4. The van der Waals surface area contributed by atoms with Gasteiger partial charge in [0.05, 0.1) is 26.6 Å². The molecule has 1 heterocycles. The zero-order chi connectivity index (χ0) is 22.0. The van der Waals surface area contributed by atoms with Crippen LogP contribution in [0.4, 0.5) is 10.1 Å². The minimum atomic E-state index is -3.91. The summed E-state index contributed by atoms with van der Waals surface area (Å²) in [6.45, 7) is 2.88. The number of hydrogen-bond acceptors (Lipinski definition) is 3. The first kappa shape index (κ1) is 21.3. The Labute approximate surface area is 185 Å². The molecule has 4 aromatic rings. The number of benzene rings is 3. The molecule has 0 aliphatic carbocycles. The third-order valence-electron chi connectivity index (χ3n) is 5.13. The van der Waals surface area contributed by atoms with Crippen molar-refractivity contribution in [3.8, 4) is 0 Å². The minimum absolute atomic E-state index is 0.0959. The van der Waals surface area contributed by atoms with E-state index in [1.54, 1.807) is 12.1 Å². The Balaban J connectivity index is 1.59. The van der Waals surface area contributed by atoms with Gasteiger partial charge in [-0.2, -0.15) is 0 Å². The molecule has 5 nitrogen and oxygen atoms in total.